The molecule has 0 aliphatic carbocycles. The molecule has 0 unspecified atom stereocenters. The average molecular weight is 342 g/mol. The van der Waals surface area contributed by atoms with Crippen LogP contribution in [0, 0.1) is 13.8 Å². The van der Waals surface area contributed by atoms with Gasteiger partial charge in [-0.2, -0.15) is 0 Å². The van der Waals surface area contributed by atoms with E-state index in [0.717, 1.165) is 39.9 Å². The number of nitrogens with zero attached hydrogens (tertiary/aromatic N) is 2. The van der Waals surface area contributed by atoms with E-state index < -0.39 is 0 Å². The lowest BCUT2D eigenvalue weighted by Gasteiger charge is -2.09. The summed E-state index contributed by atoms with van der Waals surface area (Å²) in [6.45, 7) is 8.16. The summed E-state index contributed by atoms with van der Waals surface area (Å²) in [6, 6.07) is 10.0. The van der Waals surface area contributed by atoms with Crippen molar-refractivity contribution in [3.63, 3.8) is 0 Å². The minimum Gasteiger partial charge on any atom is -0.459 e. The first-order chi connectivity index (χ1) is 11.7. The number of nitrogens with one attached hydrogen (secondary N) is 2. The number of para-hydroxylation sites is 1. The van der Waals surface area contributed by atoms with Gasteiger partial charge in [-0.15, -0.1) is 11.3 Å². The summed E-state index contributed by atoms with van der Waals surface area (Å²) >= 11 is 1.72. The number of hydrogen-bond acceptors (Lipinski definition) is 4. The molecular formula is C18H22N4OS. The fourth-order valence-corrected chi connectivity index (χ4v) is 3.26. The summed E-state index contributed by atoms with van der Waals surface area (Å²) in [5, 5.41) is 8.75. The Morgan fingerprint density at radius 3 is 2.79 bits per heavy atom. The van der Waals surface area contributed by atoms with Crippen LogP contribution in [0.2, 0.25) is 0 Å². The SMILES string of the molecule is CCNC(=NCc1cc2ccccc2o1)NCc1nc(C)c(C)s1. The van der Waals surface area contributed by atoms with E-state index in [1.807, 2.05) is 37.3 Å². The molecule has 0 aliphatic rings. The van der Waals surface area contributed by atoms with Crippen LogP contribution in [-0.2, 0) is 13.1 Å². The third-order valence-corrected chi connectivity index (χ3v) is 4.77. The molecule has 2 heterocycles. The summed E-state index contributed by atoms with van der Waals surface area (Å²) in [4.78, 5) is 10.4. The molecule has 0 spiro atoms. The fourth-order valence-electron chi connectivity index (χ4n) is 2.39. The Bertz CT molecular complexity index is 797. The number of rotatable bonds is 5. The number of hydrogen-bond donors (Lipinski definition) is 2. The number of thiazole rings is 1. The zero-order valence-corrected chi connectivity index (χ0v) is 15.0. The van der Waals surface area contributed by atoms with Gasteiger partial charge in [0.15, 0.2) is 5.96 Å². The van der Waals surface area contributed by atoms with Gasteiger partial charge in [0.2, 0.25) is 0 Å². The molecule has 2 aromatic heterocycles. The van der Waals surface area contributed by atoms with Crippen LogP contribution in [0.5, 0.6) is 0 Å². The molecule has 0 aliphatic heterocycles. The maximum absolute atomic E-state index is 5.81. The van der Waals surface area contributed by atoms with Gasteiger partial charge in [0.25, 0.3) is 0 Å². The van der Waals surface area contributed by atoms with Crippen molar-refractivity contribution < 1.29 is 4.42 Å². The summed E-state index contributed by atoms with van der Waals surface area (Å²) in [7, 11) is 0. The number of aryl methyl sites for hydroxylation is 2. The second kappa shape index (κ2) is 7.49. The summed E-state index contributed by atoms with van der Waals surface area (Å²) < 4.78 is 5.81. The van der Waals surface area contributed by atoms with Crippen molar-refractivity contribution in [2.45, 2.75) is 33.9 Å². The Morgan fingerprint density at radius 1 is 1.25 bits per heavy atom. The third kappa shape index (κ3) is 3.94. The minimum absolute atomic E-state index is 0.500. The van der Waals surface area contributed by atoms with Gasteiger partial charge in [-0.1, -0.05) is 18.2 Å². The number of benzene rings is 1. The molecule has 126 valence electrons. The molecule has 0 bridgehead atoms. The standard InChI is InChI=1S/C18H22N4OS/c1-4-19-18(21-11-17-22-12(2)13(3)24-17)20-10-15-9-14-7-5-6-8-16(14)23-15/h5-9H,4,10-11H2,1-3H3,(H2,19,20,21). The molecule has 3 aromatic rings. The van der Waals surface area contributed by atoms with Crippen LogP contribution in [0.3, 0.4) is 0 Å². The highest BCUT2D eigenvalue weighted by Crippen LogP contribution is 2.19. The van der Waals surface area contributed by atoms with Crippen LogP contribution >= 0.6 is 11.3 Å². The van der Waals surface area contributed by atoms with Crippen molar-refractivity contribution in [1.82, 2.24) is 15.6 Å². The fraction of sp³-hybridized carbons (Fsp3) is 0.333. The van der Waals surface area contributed by atoms with Crippen molar-refractivity contribution in [3.8, 4) is 0 Å². The van der Waals surface area contributed by atoms with E-state index in [2.05, 4.69) is 34.5 Å². The maximum Gasteiger partial charge on any atom is 0.192 e. The highest BCUT2D eigenvalue weighted by atomic mass is 32.1. The molecule has 0 saturated heterocycles. The second-order valence-corrected chi connectivity index (χ2v) is 6.84. The summed E-state index contributed by atoms with van der Waals surface area (Å²) in [6.07, 6.45) is 0. The molecule has 24 heavy (non-hydrogen) atoms. The summed E-state index contributed by atoms with van der Waals surface area (Å²) in [5.74, 6) is 1.62. The van der Waals surface area contributed by atoms with Gasteiger partial charge < -0.3 is 15.1 Å². The molecule has 0 fully saturated rings. The molecule has 0 atom stereocenters. The number of guanidine groups is 1. The Hall–Kier alpha value is -2.34. The van der Waals surface area contributed by atoms with Crippen LogP contribution in [0.1, 0.15) is 28.3 Å². The van der Waals surface area contributed by atoms with Crippen molar-refractivity contribution in [2.24, 2.45) is 4.99 Å². The van der Waals surface area contributed by atoms with Crippen LogP contribution in [0.25, 0.3) is 11.0 Å². The Morgan fingerprint density at radius 2 is 2.08 bits per heavy atom. The van der Waals surface area contributed by atoms with Gasteiger partial charge in [0.05, 0.1) is 12.2 Å². The van der Waals surface area contributed by atoms with Crippen molar-refractivity contribution in [1.29, 1.82) is 0 Å². The van der Waals surface area contributed by atoms with Gasteiger partial charge in [-0.25, -0.2) is 9.98 Å². The van der Waals surface area contributed by atoms with Gasteiger partial charge in [-0.3, -0.25) is 0 Å². The van der Waals surface area contributed by atoms with E-state index >= 15 is 0 Å². The van der Waals surface area contributed by atoms with Gasteiger partial charge in [0, 0.05) is 16.8 Å². The molecule has 0 radical (unpaired) electrons. The van der Waals surface area contributed by atoms with Crippen LogP contribution in [0.4, 0.5) is 0 Å². The van der Waals surface area contributed by atoms with Gasteiger partial charge in [0.1, 0.15) is 22.9 Å². The predicted octanol–water partition coefficient (Wildman–Crippen LogP) is 3.76. The Balaban J connectivity index is 1.66. The normalized spacial score (nSPS) is 11.9. The molecule has 6 heteroatoms. The van der Waals surface area contributed by atoms with Crippen LogP contribution < -0.4 is 10.6 Å². The molecule has 3 rings (SSSR count). The third-order valence-electron chi connectivity index (χ3n) is 3.69. The van der Waals surface area contributed by atoms with E-state index in [9.17, 15) is 0 Å². The van der Waals surface area contributed by atoms with Crippen LogP contribution in [-0.4, -0.2) is 17.5 Å². The highest BCUT2D eigenvalue weighted by molar-refractivity contribution is 7.11. The van der Waals surface area contributed by atoms with Gasteiger partial charge >= 0.3 is 0 Å². The van der Waals surface area contributed by atoms with Crippen LogP contribution in [0.15, 0.2) is 39.7 Å². The smallest absolute Gasteiger partial charge is 0.192 e. The van der Waals surface area contributed by atoms with E-state index in [-0.39, 0.29) is 0 Å². The second-order valence-electron chi connectivity index (χ2n) is 5.55. The van der Waals surface area contributed by atoms with Crippen molar-refractivity contribution >= 4 is 28.3 Å². The number of fused-ring (bicyclic) bond motifs is 1. The lowest BCUT2D eigenvalue weighted by Crippen LogP contribution is -2.36. The number of aliphatic imine (C=N–C) groups is 1. The Labute approximate surface area is 145 Å². The van der Waals surface area contributed by atoms with Crippen molar-refractivity contribution in [3.05, 3.63) is 51.7 Å². The zero-order valence-electron chi connectivity index (χ0n) is 14.2. The predicted molar refractivity (Wildman–Crippen MR) is 99.5 cm³/mol. The maximum atomic E-state index is 5.81. The van der Waals surface area contributed by atoms with Crippen molar-refractivity contribution in [2.75, 3.05) is 6.54 Å². The average Bonchev–Trinajstić information content (AvgIpc) is 3.13. The minimum atomic E-state index is 0.500. The first-order valence-corrected chi connectivity index (χ1v) is 8.90. The zero-order chi connectivity index (χ0) is 16.9. The molecule has 0 amide bonds. The first kappa shape index (κ1) is 16.5. The first-order valence-electron chi connectivity index (χ1n) is 8.08. The monoisotopic (exact) mass is 342 g/mol. The van der Waals surface area contributed by atoms with Gasteiger partial charge in [-0.05, 0) is 32.9 Å². The molecule has 2 N–H and O–H groups in total. The molecule has 1 aromatic carbocycles. The van der Waals surface area contributed by atoms with E-state index in [1.54, 1.807) is 11.3 Å². The largest absolute Gasteiger partial charge is 0.459 e. The number of aromatic nitrogens is 1. The van der Waals surface area contributed by atoms with E-state index in [1.165, 1.54) is 4.88 Å². The Kier molecular flexibility index (Phi) is 5.15. The topological polar surface area (TPSA) is 62.5 Å². The lowest BCUT2D eigenvalue weighted by molar-refractivity contribution is 0.551. The summed E-state index contributed by atoms with van der Waals surface area (Å²) in [5.41, 5.74) is 2.00. The highest BCUT2D eigenvalue weighted by Gasteiger charge is 2.06. The molecular weight excluding hydrogens is 320 g/mol. The lowest BCUT2D eigenvalue weighted by atomic mass is 10.2. The molecule has 5 nitrogen and oxygen atoms in total. The quantitative estimate of drug-likeness (QED) is 0.547. The molecule has 0 saturated carbocycles. The number of furan rings is 1. The van der Waals surface area contributed by atoms with E-state index in [4.69, 9.17) is 4.42 Å². The van der Waals surface area contributed by atoms with E-state index in [0.29, 0.717) is 13.1 Å².